The van der Waals surface area contributed by atoms with Gasteiger partial charge in [0.1, 0.15) is 11.6 Å². The van der Waals surface area contributed by atoms with E-state index in [1.165, 1.54) is 18.6 Å². The van der Waals surface area contributed by atoms with Gasteiger partial charge in [-0.2, -0.15) is 0 Å². The lowest BCUT2D eigenvalue weighted by Crippen LogP contribution is -1.92. The molecule has 0 fully saturated rings. The summed E-state index contributed by atoms with van der Waals surface area (Å²) in [6, 6.07) is 4.22. The minimum absolute atomic E-state index is 0.0538. The topological polar surface area (TPSA) is 20.2 Å². The van der Waals surface area contributed by atoms with E-state index in [0.29, 0.717) is 0 Å². The molecule has 1 N–H and O–H groups in total. The molecule has 1 nitrogen and oxygen atoms in total. The van der Waals surface area contributed by atoms with Crippen LogP contribution >= 0.6 is 0 Å². The molecule has 0 unspecified atom stereocenters. The van der Waals surface area contributed by atoms with Gasteiger partial charge < -0.3 is 5.11 Å². The maximum atomic E-state index is 12.7. The summed E-state index contributed by atoms with van der Waals surface area (Å²) in [4.78, 5) is 0. The molecule has 0 saturated heterocycles. The minimum Gasteiger partial charge on any atom is -0.507 e. The van der Waals surface area contributed by atoms with Gasteiger partial charge in [0.15, 0.2) is 0 Å². The van der Waals surface area contributed by atoms with E-state index >= 15 is 0 Å². The number of aromatic hydroxyl groups is 1. The van der Waals surface area contributed by atoms with Crippen molar-refractivity contribution in [2.75, 3.05) is 0 Å². The fraction of sp³-hybridized carbons (Fsp3) is 0.333. The van der Waals surface area contributed by atoms with Crippen LogP contribution in [0.2, 0.25) is 0 Å². The van der Waals surface area contributed by atoms with E-state index in [4.69, 9.17) is 0 Å². The first-order chi connectivity index (χ1) is 6.77. The lowest BCUT2D eigenvalue weighted by molar-refractivity contribution is 0.467. The SMILES string of the molecule is Oc1cc(F)ccc1C1=CCCCC1. The fourth-order valence-electron chi connectivity index (χ4n) is 1.86. The van der Waals surface area contributed by atoms with E-state index in [0.717, 1.165) is 30.4 Å². The van der Waals surface area contributed by atoms with Gasteiger partial charge in [0.05, 0.1) is 0 Å². The van der Waals surface area contributed by atoms with Crippen molar-refractivity contribution in [2.45, 2.75) is 25.7 Å². The molecule has 0 heterocycles. The first kappa shape index (κ1) is 9.25. The molecule has 0 aliphatic heterocycles. The first-order valence-electron chi connectivity index (χ1n) is 4.95. The van der Waals surface area contributed by atoms with Crippen LogP contribution in [0.4, 0.5) is 4.39 Å². The van der Waals surface area contributed by atoms with Gasteiger partial charge in [0, 0.05) is 11.6 Å². The lowest BCUT2D eigenvalue weighted by atomic mass is 9.93. The highest BCUT2D eigenvalue weighted by Crippen LogP contribution is 2.32. The molecule has 1 aromatic carbocycles. The smallest absolute Gasteiger partial charge is 0.126 e. The third-order valence-electron chi connectivity index (χ3n) is 2.60. The second-order valence-corrected chi connectivity index (χ2v) is 3.64. The third-order valence-corrected chi connectivity index (χ3v) is 2.60. The Kier molecular flexibility index (Phi) is 2.53. The molecule has 0 amide bonds. The highest BCUT2D eigenvalue weighted by atomic mass is 19.1. The van der Waals surface area contributed by atoms with Gasteiger partial charge in [-0.25, -0.2) is 4.39 Å². The second kappa shape index (κ2) is 3.82. The zero-order valence-electron chi connectivity index (χ0n) is 7.96. The van der Waals surface area contributed by atoms with Crippen LogP contribution in [0.1, 0.15) is 31.2 Å². The Morgan fingerprint density at radius 3 is 2.71 bits per heavy atom. The summed E-state index contributed by atoms with van der Waals surface area (Å²) < 4.78 is 12.7. The van der Waals surface area contributed by atoms with Crippen molar-refractivity contribution in [1.82, 2.24) is 0 Å². The average Bonchev–Trinajstić information content (AvgIpc) is 2.19. The summed E-state index contributed by atoms with van der Waals surface area (Å²) in [6.45, 7) is 0. The number of benzene rings is 1. The highest BCUT2D eigenvalue weighted by Gasteiger charge is 2.10. The zero-order chi connectivity index (χ0) is 9.97. The van der Waals surface area contributed by atoms with Crippen LogP contribution < -0.4 is 0 Å². The fourth-order valence-corrected chi connectivity index (χ4v) is 1.86. The van der Waals surface area contributed by atoms with Crippen LogP contribution in [-0.2, 0) is 0 Å². The van der Waals surface area contributed by atoms with Gasteiger partial charge in [0.2, 0.25) is 0 Å². The monoisotopic (exact) mass is 192 g/mol. The largest absolute Gasteiger partial charge is 0.507 e. The zero-order valence-corrected chi connectivity index (χ0v) is 7.96. The van der Waals surface area contributed by atoms with Crippen molar-refractivity contribution in [3.05, 3.63) is 35.7 Å². The molecular formula is C12H13FO. The number of allylic oxidation sites excluding steroid dienone is 2. The summed E-state index contributed by atoms with van der Waals surface area (Å²) in [5, 5.41) is 9.56. The summed E-state index contributed by atoms with van der Waals surface area (Å²) in [5.74, 6) is -0.333. The number of phenolic OH excluding ortho intramolecular Hbond substituents is 1. The van der Waals surface area contributed by atoms with Gasteiger partial charge in [0.25, 0.3) is 0 Å². The summed E-state index contributed by atoms with van der Waals surface area (Å²) in [5.41, 5.74) is 1.93. The Labute approximate surface area is 82.9 Å². The molecule has 0 atom stereocenters. The summed E-state index contributed by atoms with van der Waals surface area (Å²) in [6.07, 6.45) is 6.55. The van der Waals surface area contributed by atoms with E-state index in [-0.39, 0.29) is 11.6 Å². The van der Waals surface area contributed by atoms with Gasteiger partial charge in [-0.1, -0.05) is 6.08 Å². The van der Waals surface area contributed by atoms with Crippen LogP contribution in [0, 0.1) is 5.82 Å². The second-order valence-electron chi connectivity index (χ2n) is 3.64. The Morgan fingerprint density at radius 1 is 1.21 bits per heavy atom. The molecule has 0 saturated carbocycles. The quantitative estimate of drug-likeness (QED) is 0.722. The number of hydrogen-bond donors (Lipinski definition) is 1. The average molecular weight is 192 g/mol. The van der Waals surface area contributed by atoms with Gasteiger partial charge in [-0.15, -0.1) is 0 Å². The molecule has 0 spiro atoms. The lowest BCUT2D eigenvalue weighted by Gasteiger charge is -2.13. The van der Waals surface area contributed by atoms with Crippen molar-refractivity contribution in [3.8, 4) is 5.75 Å². The number of hydrogen-bond acceptors (Lipinski definition) is 1. The van der Waals surface area contributed by atoms with Crippen molar-refractivity contribution in [1.29, 1.82) is 0 Å². The highest BCUT2D eigenvalue weighted by molar-refractivity contribution is 5.70. The summed E-state index contributed by atoms with van der Waals surface area (Å²) in [7, 11) is 0. The van der Waals surface area contributed by atoms with Crippen LogP contribution in [0.3, 0.4) is 0 Å². The number of halogens is 1. The Balaban J connectivity index is 2.35. The van der Waals surface area contributed by atoms with Crippen LogP contribution in [-0.4, -0.2) is 5.11 Å². The molecule has 0 aromatic heterocycles. The molecular weight excluding hydrogens is 179 g/mol. The number of rotatable bonds is 1. The number of phenols is 1. The molecule has 2 heteroatoms. The van der Waals surface area contributed by atoms with Crippen molar-refractivity contribution >= 4 is 5.57 Å². The van der Waals surface area contributed by atoms with Crippen LogP contribution in [0.5, 0.6) is 5.75 Å². The molecule has 1 aliphatic carbocycles. The van der Waals surface area contributed by atoms with E-state index < -0.39 is 0 Å². The Bertz CT molecular complexity index is 369. The van der Waals surface area contributed by atoms with E-state index in [2.05, 4.69) is 6.08 Å². The predicted molar refractivity (Wildman–Crippen MR) is 54.5 cm³/mol. The van der Waals surface area contributed by atoms with E-state index in [1.54, 1.807) is 6.07 Å². The third kappa shape index (κ3) is 1.79. The molecule has 1 aromatic rings. The van der Waals surface area contributed by atoms with Crippen LogP contribution in [0.15, 0.2) is 24.3 Å². The van der Waals surface area contributed by atoms with Crippen molar-refractivity contribution in [3.63, 3.8) is 0 Å². The molecule has 0 bridgehead atoms. The first-order valence-corrected chi connectivity index (χ1v) is 4.95. The molecule has 0 radical (unpaired) electrons. The Hall–Kier alpha value is -1.31. The normalized spacial score (nSPS) is 16.5. The van der Waals surface area contributed by atoms with Gasteiger partial charge in [-0.05, 0) is 43.4 Å². The van der Waals surface area contributed by atoms with Crippen molar-refractivity contribution < 1.29 is 9.50 Å². The van der Waals surface area contributed by atoms with Crippen LogP contribution in [0.25, 0.3) is 5.57 Å². The maximum Gasteiger partial charge on any atom is 0.126 e. The van der Waals surface area contributed by atoms with Crippen molar-refractivity contribution in [2.24, 2.45) is 0 Å². The molecule has 2 rings (SSSR count). The predicted octanol–water partition coefficient (Wildman–Crippen LogP) is 3.49. The van der Waals surface area contributed by atoms with E-state index in [9.17, 15) is 9.50 Å². The maximum absolute atomic E-state index is 12.7. The standard InChI is InChI=1S/C12H13FO/c13-10-6-7-11(12(14)8-10)9-4-2-1-3-5-9/h4,6-8,14H,1-3,5H2. The Morgan fingerprint density at radius 2 is 2.07 bits per heavy atom. The van der Waals surface area contributed by atoms with E-state index in [1.807, 2.05) is 0 Å². The van der Waals surface area contributed by atoms with Gasteiger partial charge >= 0.3 is 0 Å². The molecule has 1 aliphatic rings. The molecule has 14 heavy (non-hydrogen) atoms. The minimum atomic E-state index is -0.386. The summed E-state index contributed by atoms with van der Waals surface area (Å²) >= 11 is 0. The van der Waals surface area contributed by atoms with Gasteiger partial charge in [-0.3, -0.25) is 0 Å². The molecule has 74 valence electrons.